The van der Waals surface area contributed by atoms with Crippen LogP contribution in [0, 0.1) is 0 Å². The summed E-state index contributed by atoms with van der Waals surface area (Å²) in [7, 11) is 0. The maximum Gasteiger partial charge on any atom is 0.254 e. The molecule has 6 heteroatoms. The van der Waals surface area contributed by atoms with Gasteiger partial charge in [0.2, 0.25) is 11.8 Å². The Morgan fingerprint density at radius 2 is 1.48 bits per heavy atom. The molecule has 3 aliphatic rings. The third kappa shape index (κ3) is 3.81. The first-order valence-electron chi connectivity index (χ1n) is 12.1. The third-order valence-electron chi connectivity index (χ3n) is 7.63. The lowest BCUT2D eigenvalue weighted by Gasteiger charge is -2.52. The molecule has 3 amide bonds. The van der Waals surface area contributed by atoms with Gasteiger partial charge in [-0.1, -0.05) is 43.9 Å². The van der Waals surface area contributed by atoms with Crippen LogP contribution in [0.4, 0.5) is 11.4 Å². The number of benzene rings is 2. The SMILES string of the molecule is CC(=O)Nc1ccc(NC(=O)C2c3ccccc3C(=O)N(C3CCCC3)C23CCCC3)cc1. The normalized spacial score (nSPS) is 21.8. The second-order valence-electron chi connectivity index (χ2n) is 9.69. The molecule has 2 saturated carbocycles. The van der Waals surface area contributed by atoms with Gasteiger partial charge >= 0.3 is 0 Å². The molecule has 33 heavy (non-hydrogen) atoms. The van der Waals surface area contributed by atoms with Gasteiger partial charge in [0.25, 0.3) is 5.91 Å². The van der Waals surface area contributed by atoms with Gasteiger partial charge in [0.05, 0.1) is 11.5 Å². The Morgan fingerprint density at radius 1 is 0.879 bits per heavy atom. The summed E-state index contributed by atoms with van der Waals surface area (Å²) >= 11 is 0. The van der Waals surface area contributed by atoms with Gasteiger partial charge in [-0.2, -0.15) is 0 Å². The van der Waals surface area contributed by atoms with Gasteiger partial charge in [0.15, 0.2) is 0 Å². The second-order valence-corrected chi connectivity index (χ2v) is 9.69. The van der Waals surface area contributed by atoms with E-state index < -0.39 is 11.5 Å². The van der Waals surface area contributed by atoms with Crippen molar-refractivity contribution in [3.8, 4) is 0 Å². The van der Waals surface area contributed by atoms with Gasteiger partial charge in [-0.15, -0.1) is 0 Å². The molecule has 5 rings (SSSR count). The minimum Gasteiger partial charge on any atom is -0.329 e. The van der Waals surface area contributed by atoms with E-state index in [-0.39, 0.29) is 23.8 Å². The molecule has 2 aromatic rings. The van der Waals surface area contributed by atoms with Crippen molar-refractivity contribution in [3.63, 3.8) is 0 Å². The van der Waals surface area contributed by atoms with Crippen LogP contribution in [0.3, 0.4) is 0 Å². The number of nitrogens with one attached hydrogen (secondary N) is 2. The Kier molecular flexibility index (Phi) is 5.69. The maximum atomic E-state index is 13.9. The summed E-state index contributed by atoms with van der Waals surface area (Å²) in [5, 5.41) is 5.87. The highest BCUT2D eigenvalue weighted by Gasteiger charge is 2.57. The number of hydrogen-bond donors (Lipinski definition) is 2. The molecule has 172 valence electrons. The minimum atomic E-state index is -0.458. The standard InChI is InChI=1S/C27H31N3O3/c1-18(31)28-19-12-14-20(15-13-19)29-25(32)24-22-10-4-5-11-23(22)26(33)30(21-8-2-3-9-21)27(24)16-6-7-17-27/h4-5,10-15,21,24H,2-3,6-9,16-17H2,1H3,(H,28,31)(H,29,32). The van der Waals surface area contributed by atoms with Crippen LogP contribution in [0.25, 0.3) is 0 Å². The van der Waals surface area contributed by atoms with E-state index in [4.69, 9.17) is 0 Å². The first-order chi connectivity index (χ1) is 16.0. The zero-order valence-corrected chi connectivity index (χ0v) is 19.1. The van der Waals surface area contributed by atoms with Crippen molar-refractivity contribution in [1.82, 2.24) is 4.90 Å². The first kappa shape index (κ1) is 21.7. The van der Waals surface area contributed by atoms with Crippen molar-refractivity contribution in [2.24, 2.45) is 0 Å². The molecule has 0 radical (unpaired) electrons. The molecule has 0 bridgehead atoms. The van der Waals surface area contributed by atoms with Crippen molar-refractivity contribution >= 4 is 29.1 Å². The van der Waals surface area contributed by atoms with Gasteiger partial charge in [-0.3, -0.25) is 14.4 Å². The predicted octanol–water partition coefficient (Wildman–Crippen LogP) is 5.08. The molecule has 1 aliphatic heterocycles. The number of carbonyl (C=O) groups is 3. The Balaban J connectivity index is 1.52. The van der Waals surface area contributed by atoms with E-state index >= 15 is 0 Å². The first-order valence-corrected chi connectivity index (χ1v) is 12.1. The highest BCUT2D eigenvalue weighted by atomic mass is 16.2. The molecule has 0 saturated heterocycles. The van der Waals surface area contributed by atoms with Crippen LogP contribution in [-0.4, -0.2) is 34.2 Å². The number of rotatable bonds is 4. The van der Waals surface area contributed by atoms with E-state index in [1.165, 1.54) is 6.92 Å². The van der Waals surface area contributed by atoms with Crippen molar-refractivity contribution in [2.45, 2.75) is 75.8 Å². The molecule has 6 nitrogen and oxygen atoms in total. The lowest BCUT2D eigenvalue weighted by Crippen LogP contribution is -2.62. The molecule has 2 N–H and O–H groups in total. The number of amides is 3. The molecular formula is C27H31N3O3. The number of carbonyl (C=O) groups excluding carboxylic acids is 3. The number of anilines is 2. The molecular weight excluding hydrogens is 414 g/mol. The third-order valence-corrected chi connectivity index (χ3v) is 7.63. The van der Waals surface area contributed by atoms with Gasteiger partial charge in [0, 0.05) is 29.9 Å². The fourth-order valence-electron chi connectivity index (χ4n) is 6.35. The van der Waals surface area contributed by atoms with Crippen LogP contribution in [0.2, 0.25) is 0 Å². The smallest absolute Gasteiger partial charge is 0.254 e. The van der Waals surface area contributed by atoms with Crippen molar-refractivity contribution in [3.05, 3.63) is 59.7 Å². The molecule has 2 fully saturated rings. The monoisotopic (exact) mass is 445 g/mol. The molecule has 1 heterocycles. The summed E-state index contributed by atoms with van der Waals surface area (Å²) in [5.74, 6) is -0.495. The zero-order valence-electron chi connectivity index (χ0n) is 19.1. The average Bonchev–Trinajstić information content (AvgIpc) is 3.49. The molecule has 2 aromatic carbocycles. The van der Waals surface area contributed by atoms with E-state index in [1.807, 2.05) is 24.3 Å². The van der Waals surface area contributed by atoms with Gasteiger partial charge in [0.1, 0.15) is 0 Å². The Labute approximate surface area is 194 Å². The lowest BCUT2D eigenvalue weighted by atomic mass is 9.70. The van der Waals surface area contributed by atoms with E-state index in [1.54, 1.807) is 24.3 Å². The van der Waals surface area contributed by atoms with Crippen LogP contribution in [0.5, 0.6) is 0 Å². The van der Waals surface area contributed by atoms with Crippen molar-refractivity contribution in [2.75, 3.05) is 10.6 Å². The second kappa shape index (κ2) is 8.65. The Hall–Kier alpha value is -3.15. The van der Waals surface area contributed by atoms with E-state index in [9.17, 15) is 14.4 Å². The quantitative estimate of drug-likeness (QED) is 0.689. The summed E-state index contributed by atoms with van der Waals surface area (Å²) in [6, 6.07) is 15.1. The summed E-state index contributed by atoms with van der Waals surface area (Å²) in [4.78, 5) is 41.1. The maximum absolute atomic E-state index is 13.9. The molecule has 1 atom stereocenters. The van der Waals surface area contributed by atoms with Gasteiger partial charge in [-0.25, -0.2) is 0 Å². The number of fused-ring (bicyclic) bond motifs is 1. The molecule has 1 spiro atoms. The highest BCUT2D eigenvalue weighted by molar-refractivity contribution is 6.05. The predicted molar refractivity (Wildman–Crippen MR) is 128 cm³/mol. The topological polar surface area (TPSA) is 78.5 Å². The highest BCUT2D eigenvalue weighted by Crippen LogP contribution is 2.52. The minimum absolute atomic E-state index is 0.0628. The summed E-state index contributed by atoms with van der Waals surface area (Å²) in [6.45, 7) is 1.47. The van der Waals surface area contributed by atoms with Gasteiger partial charge < -0.3 is 15.5 Å². The van der Waals surface area contributed by atoms with Crippen LogP contribution >= 0.6 is 0 Å². The van der Waals surface area contributed by atoms with Crippen LogP contribution in [0.1, 0.15) is 80.1 Å². The average molecular weight is 446 g/mol. The van der Waals surface area contributed by atoms with E-state index in [0.717, 1.165) is 56.9 Å². The van der Waals surface area contributed by atoms with E-state index in [2.05, 4.69) is 15.5 Å². The van der Waals surface area contributed by atoms with Crippen LogP contribution < -0.4 is 10.6 Å². The fourth-order valence-corrected chi connectivity index (χ4v) is 6.35. The number of hydrogen-bond acceptors (Lipinski definition) is 3. The number of nitrogens with zero attached hydrogens (tertiary/aromatic N) is 1. The molecule has 1 unspecified atom stereocenters. The van der Waals surface area contributed by atoms with Crippen LogP contribution in [0.15, 0.2) is 48.5 Å². The van der Waals surface area contributed by atoms with Gasteiger partial charge in [-0.05, 0) is 61.6 Å². The zero-order chi connectivity index (χ0) is 23.0. The Morgan fingerprint density at radius 3 is 2.12 bits per heavy atom. The Bertz CT molecular complexity index is 1070. The van der Waals surface area contributed by atoms with Crippen molar-refractivity contribution in [1.29, 1.82) is 0 Å². The lowest BCUT2D eigenvalue weighted by molar-refractivity contribution is -0.121. The molecule has 2 aliphatic carbocycles. The summed E-state index contributed by atoms with van der Waals surface area (Å²) < 4.78 is 0. The summed E-state index contributed by atoms with van der Waals surface area (Å²) in [6.07, 6.45) is 8.13. The summed E-state index contributed by atoms with van der Waals surface area (Å²) in [5.41, 5.74) is 2.44. The largest absolute Gasteiger partial charge is 0.329 e. The van der Waals surface area contributed by atoms with Crippen molar-refractivity contribution < 1.29 is 14.4 Å². The van der Waals surface area contributed by atoms with E-state index in [0.29, 0.717) is 16.9 Å². The molecule has 0 aromatic heterocycles. The fraction of sp³-hybridized carbons (Fsp3) is 0.444. The van der Waals surface area contributed by atoms with Crippen LogP contribution in [-0.2, 0) is 9.59 Å².